The second kappa shape index (κ2) is 7.84. The second-order valence-electron chi connectivity index (χ2n) is 6.97. The van der Waals surface area contributed by atoms with E-state index in [0.717, 1.165) is 0 Å². The fourth-order valence-electron chi connectivity index (χ4n) is 3.52. The minimum Gasteiger partial charge on any atom is -0.491 e. The van der Waals surface area contributed by atoms with E-state index in [0.29, 0.717) is 33.5 Å². The lowest BCUT2D eigenvalue weighted by Gasteiger charge is -2.21. The molecule has 1 N–H and O–H groups in total. The number of para-hydroxylation sites is 2. The third-order valence-electron chi connectivity index (χ3n) is 4.97. The number of hydrogen-bond acceptors (Lipinski definition) is 5. The minimum absolute atomic E-state index is 0.167. The summed E-state index contributed by atoms with van der Waals surface area (Å²) >= 11 is 1.42. The smallest absolute Gasteiger partial charge is 0.245 e. The zero-order valence-electron chi connectivity index (χ0n) is 16.2. The van der Waals surface area contributed by atoms with Crippen molar-refractivity contribution in [2.45, 2.75) is 6.42 Å². The predicted octanol–water partition coefficient (Wildman–Crippen LogP) is 3.96. The van der Waals surface area contributed by atoms with Gasteiger partial charge in [0.15, 0.2) is 4.96 Å². The number of hydrogen-bond donors (Lipinski definition) is 1. The maximum absolute atomic E-state index is 13.4. The first kappa shape index (κ1) is 19.3. The average Bonchev–Trinajstić information content (AvgIpc) is 3.31. The Morgan fingerprint density at radius 2 is 2.00 bits per heavy atom. The van der Waals surface area contributed by atoms with Gasteiger partial charge in [0, 0.05) is 17.1 Å². The van der Waals surface area contributed by atoms with Crippen LogP contribution in [0.2, 0.25) is 0 Å². The van der Waals surface area contributed by atoms with Crippen molar-refractivity contribution >= 4 is 39.6 Å². The highest BCUT2D eigenvalue weighted by molar-refractivity contribution is 7.15. The van der Waals surface area contributed by atoms with Crippen LogP contribution in [0.25, 0.3) is 16.2 Å². The molecule has 1 aliphatic rings. The Morgan fingerprint density at radius 1 is 1.19 bits per heavy atom. The zero-order chi connectivity index (χ0) is 21.4. The lowest BCUT2D eigenvalue weighted by molar-refractivity contribution is -0.121. The van der Waals surface area contributed by atoms with E-state index in [9.17, 15) is 14.0 Å². The molecule has 1 aliphatic heterocycles. The van der Waals surface area contributed by atoms with Crippen LogP contribution in [-0.4, -0.2) is 34.4 Å². The molecule has 2 aromatic carbocycles. The lowest BCUT2D eigenvalue weighted by Crippen LogP contribution is -2.37. The van der Waals surface area contributed by atoms with E-state index < -0.39 is 0 Å². The Kier molecular flexibility index (Phi) is 4.87. The van der Waals surface area contributed by atoms with Crippen LogP contribution in [0.4, 0.5) is 15.9 Å². The Balaban J connectivity index is 1.46. The highest BCUT2D eigenvalue weighted by Crippen LogP contribution is 2.33. The van der Waals surface area contributed by atoms with Crippen molar-refractivity contribution in [2.24, 2.45) is 0 Å². The van der Waals surface area contributed by atoms with Gasteiger partial charge < -0.3 is 10.1 Å². The molecule has 0 saturated heterocycles. The van der Waals surface area contributed by atoms with Crippen molar-refractivity contribution in [3.63, 3.8) is 0 Å². The molecule has 0 fully saturated rings. The molecule has 2 amide bonds. The molecule has 0 radical (unpaired) electrons. The molecular formula is C22H17FN4O3S. The summed E-state index contributed by atoms with van der Waals surface area (Å²) < 4.78 is 20.8. The molecule has 2 aromatic heterocycles. The lowest BCUT2D eigenvalue weighted by atomic mass is 10.1. The van der Waals surface area contributed by atoms with Gasteiger partial charge in [0.1, 0.15) is 29.6 Å². The molecule has 0 bridgehead atoms. The maximum Gasteiger partial charge on any atom is 0.245 e. The Hall–Kier alpha value is -3.72. The number of benzene rings is 2. The number of rotatable bonds is 4. The standard InChI is InChI=1S/C22H17FN4O3S/c23-15-7-5-14(6-8-15)20-21(26-10-12-31-22(26)25-20)24-18(28)13-27-16-3-1-2-4-17(16)30-11-9-19(27)29/h1-8,10,12H,9,11,13H2,(H,24,28). The minimum atomic E-state index is -0.374. The number of aromatic nitrogens is 2. The highest BCUT2D eigenvalue weighted by atomic mass is 32.1. The van der Waals surface area contributed by atoms with E-state index in [1.54, 1.807) is 40.9 Å². The first-order valence-electron chi connectivity index (χ1n) is 9.64. The van der Waals surface area contributed by atoms with Gasteiger partial charge in [0.05, 0.1) is 18.7 Å². The van der Waals surface area contributed by atoms with Gasteiger partial charge in [-0.25, -0.2) is 9.37 Å². The van der Waals surface area contributed by atoms with E-state index in [1.165, 1.54) is 28.4 Å². The summed E-state index contributed by atoms with van der Waals surface area (Å²) in [6.07, 6.45) is 1.99. The number of imidazole rings is 1. The van der Waals surface area contributed by atoms with Crippen molar-refractivity contribution in [1.29, 1.82) is 0 Å². The Bertz CT molecular complexity index is 1280. The topological polar surface area (TPSA) is 75.9 Å². The first-order chi connectivity index (χ1) is 15.1. The number of fused-ring (bicyclic) bond motifs is 2. The molecule has 156 valence electrons. The summed E-state index contributed by atoms with van der Waals surface area (Å²) in [5, 5.41) is 4.75. The van der Waals surface area contributed by atoms with Gasteiger partial charge in [-0.1, -0.05) is 12.1 Å². The quantitative estimate of drug-likeness (QED) is 0.526. The molecule has 0 unspecified atom stereocenters. The molecule has 0 aliphatic carbocycles. The van der Waals surface area contributed by atoms with Gasteiger partial charge in [0.25, 0.3) is 0 Å². The highest BCUT2D eigenvalue weighted by Gasteiger charge is 2.26. The number of anilines is 2. The van der Waals surface area contributed by atoms with E-state index in [4.69, 9.17) is 4.74 Å². The predicted molar refractivity (Wildman–Crippen MR) is 116 cm³/mol. The van der Waals surface area contributed by atoms with E-state index in [1.807, 2.05) is 11.4 Å². The van der Waals surface area contributed by atoms with Gasteiger partial charge in [-0.05, 0) is 36.4 Å². The number of nitrogens with zero attached hydrogens (tertiary/aromatic N) is 3. The summed E-state index contributed by atoms with van der Waals surface area (Å²) in [5.41, 5.74) is 1.77. The van der Waals surface area contributed by atoms with E-state index >= 15 is 0 Å². The van der Waals surface area contributed by atoms with Crippen molar-refractivity contribution in [2.75, 3.05) is 23.4 Å². The Labute approximate surface area is 180 Å². The number of amides is 2. The van der Waals surface area contributed by atoms with Crippen molar-refractivity contribution < 1.29 is 18.7 Å². The summed E-state index contributed by atoms with van der Waals surface area (Å²) in [7, 11) is 0. The fourth-order valence-corrected chi connectivity index (χ4v) is 4.24. The second-order valence-corrected chi connectivity index (χ2v) is 7.84. The summed E-state index contributed by atoms with van der Waals surface area (Å²) in [6.45, 7) is 0.0975. The summed E-state index contributed by atoms with van der Waals surface area (Å²) in [4.78, 5) is 32.3. The van der Waals surface area contributed by atoms with Gasteiger partial charge in [-0.2, -0.15) is 0 Å². The van der Waals surface area contributed by atoms with Crippen LogP contribution in [0, 0.1) is 5.82 Å². The molecule has 5 rings (SSSR count). The largest absolute Gasteiger partial charge is 0.491 e. The molecule has 3 heterocycles. The molecule has 0 spiro atoms. The zero-order valence-corrected chi connectivity index (χ0v) is 17.1. The molecule has 9 heteroatoms. The monoisotopic (exact) mass is 436 g/mol. The fraction of sp³-hybridized carbons (Fsp3) is 0.136. The number of carbonyl (C=O) groups is 2. The van der Waals surface area contributed by atoms with Crippen molar-refractivity contribution in [3.8, 4) is 17.0 Å². The number of halogens is 1. The third kappa shape index (κ3) is 3.64. The van der Waals surface area contributed by atoms with Crippen molar-refractivity contribution in [1.82, 2.24) is 9.38 Å². The van der Waals surface area contributed by atoms with Gasteiger partial charge in [-0.15, -0.1) is 11.3 Å². The number of nitrogens with one attached hydrogen (secondary N) is 1. The van der Waals surface area contributed by atoms with Crippen LogP contribution in [0.1, 0.15) is 6.42 Å². The number of thiazole rings is 1. The van der Waals surface area contributed by atoms with Gasteiger partial charge >= 0.3 is 0 Å². The molecular weight excluding hydrogens is 419 g/mol. The third-order valence-corrected chi connectivity index (χ3v) is 5.73. The normalized spacial score (nSPS) is 13.6. The average molecular weight is 436 g/mol. The number of carbonyl (C=O) groups excluding carboxylic acids is 2. The summed E-state index contributed by atoms with van der Waals surface area (Å²) in [5.74, 6) is 0.127. The van der Waals surface area contributed by atoms with Crippen LogP contribution < -0.4 is 15.0 Å². The maximum atomic E-state index is 13.4. The Morgan fingerprint density at radius 3 is 2.84 bits per heavy atom. The van der Waals surface area contributed by atoms with Gasteiger partial charge in [0.2, 0.25) is 11.8 Å². The van der Waals surface area contributed by atoms with Crippen LogP contribution >= 0.6 is 11.3 Å². The van der Waals surface area contributed by atoms with E-state index in [-0.39, 0.29) is 37.2 Å². The van der Waals surface area contributed by atoms with Crippen LogP contribution in [0.5, 0.6) is 5.75 Å². The van der Waals surface area contributed by atoms with Crippen LogP contribution in [0.3, 0.4) is 0 Å². The molecule has 31 heavy (non-hydrogen) atoms. The van der Waals surface area contributed by atoms with E-state index in [2.05, 4.69) is 10.3 Å². The molecule has 7 nitrogen and oxygen atoms in total. The van der Waals surface area contributed by atoms with Crippen LogP contribution in [0.15, 0.2) is 60.1 Å². The van der Waals surface area contributed by atoms with Gasteiger partial charge in [-0.3, -0.25) is 18.9 Å². The van der Waals surface area contributed by atoms with Crippen LogP contribution in [-0.2, 0) is 9.59 Å². The molecule has 4 aromatic rings. The SMILES string of the molecule is O=C(CN1C(=O)CCOc2ccccc21)Nc1c(-c2ccc(F)cc2)nc2sccn12. The number of ether oxygens (including phenoxy) is 1. The first-order valence-corrected chi connectivity index (χ1v) is 10.5. The summed E-state index contributed by atoms with van der Waals surface area (Å²) in [6, 6.07) is 13.1. The molecule has 0 atom stereocenters. The molecule has 0 saturated carbocycles. The van der Waals surface area contributed by atoms with Crippen molar-refractivity contribution in [3.05, 3.63) is 65.9 Å².